The van der Waals surface area contributed by atoms with Crippen LogP contribution in [0.5, 0.6) is 0 Å². The predicted molar refractivity (Wildman–Crippen MR) is 106 cm³/mol. The molecule has 0 bridgehead atoms. The fourth-order valence-corrected chi connectivity index (χ4v) is 4.14. The van der Waals surface area contributed by atoms with E-state index in [0.717, 1.165) is 4.31 Å². The molecular formula is C19H20ClN3O4S. The molecule has 2 amide bonds. The second kappa shape index (κ2) is 7.90. The number of hydrogen-bond donors (Lipinski definition) is 1. The van der Waals surface area contributed by atoms with E-state index < -0.39 is 16.1 Å². The summed E-state index contributed by atoms with van der Waals surface area (Å²) in [5, 5.41) is 3.24. The number of sulfonamides is 1. The minimum atomic E-state index is -3.58. The van der Waals surface area contributed by atoms with Crippen LogP contribution in [-0.2, 0) is 14.8 Å². The Bertz CT molecular complexity index is 1010. The van der Waals surface area contributed by atoms with Gasteiger partial charge in [-0.15, -0.1) is 0 Å². The van der Waals surface area contributed by atoms with Crippen molar-refractivity contribution in [3.8, 4) is 0 Å². The number of rotatable bonds is 4. The van der Waals surface area contributed by atoms with Crippen molar-refractivity contribution in [3.05, 3.63) is 64.7 Å². The molecule has 148 valence electrons. The molecule has 1 saturated heterocycles. The van der Waals surface area contributed by atoms with Gasteiger partial charge in [0.2, 0.25) is 15.9 Å². The van der Waals surface area contributed by atoms with E-state index in [1.165, 1.54) is 43.3 Å². The molecule has 1 fully saturated rings. The fourth-order valence-electron chi connectivity index (χ4n) is 3.04. The zero-order chi connectivity index (χ0) is 20.5. The summed E-state index contributed by atoms with van der Waals surface area (Å²) >= 11 is 6.05. The monoisotopic (exact) mass is 421 g/mol. The van der Waals surface area contributed by atoms with Crippen LogP contribution in [0.1, 0.15) is 22.0 Å². The minimum absolute atomic E-state index is 0.0943. The van der Waals surface area contributed by atoms with Crippen LogP contribution in [0.2, 0.25) is 5.02 Å². The number of nitrogens with one attached hydrogen (secondary N) is 1. The summed E-state index contributed by atoms with van der Waals surface area (Å²) in [4.78, 5) is 27.1. The molecule has 28 heavy (non-hydrogen) atoms. The van der Waals surface area contributed by atoms with Crippen LogP contribution in [0.4, 0.5) is 0 Å². The summed E-state index contributed by atoms with van der Waals surface area (Å²) < 4.78 is 25.5. The highest BCUT2D eigenvalue weighted by molar-refractivity contribution is 7.89. The van der Waals surface area contributed by atoms with Crippen molar-refractivity contribution in [2.75, 3.05) is 27.2 Å². The Morgan fingerprint density at radius 3 is 2.46 bits per heavy atom. The molecule has 1 heterocycles. The summed E-state index contributed by atoms with van der Waals surface area (Å²) in [6.45, 7) is 0.675. The highest BCUT2D eigenvalue weighted by Gasteiger charge is 2.35. The van der Waals surface area contributed by atoms with Gasteiger partial charge >= 0.3 is 0 Å². The third-order valence-corrected chi connectivity index (χ3v) is 6.58. The average molecular weight is 422 g/mol. The number of amides is 2. The summed E-state index contributed by atoms with van der Waals surface area (Å²) in [7, 11) is -0.700. The number of nitrogens with zero attached hydrogens (tertiary/aromatic N) is 2. The van der Waals surface area contributed by atoms with Crippen LogP contribution in [0, 0.1) is 0 Å². The molecule has 1 aliphatic heterocycles. The molecule has 2 aromatic carbocycles. The van der Waals surface area contributed by atoms with Crippen molar-refractivity contribution >= 4 is 33.4 Å². The first-order chi connectivity index (χ1) is 13.2. The van der Waals surface area contributed by atoms with E-state index in [2.05, 4.69) is 5.32 Å². The lowest BCUT2D eigenvalue weighted by atomic mass is 10.0. The van der Waals surface area contributed by atoms with Crippen LogP contribution in [0.3, 0.4) is 0 Å². The van der Waals surface area contributed by atoms with Crippen LogP contribution in [-0.4, -0.2) is 56.6 Å². The molecule has 7 nitrogen and oxygen atoms in total. The van der Waals surface area contributed by atoms with Gasteiger partial charge in [-0.2, -0.15) is 0 Å². The van der Waals surface area contributed by atoms with Crippen molar-refractivity contribution in [1.29, 1.82) is 0 Å². The molecule has 0 spiro atoms. The number of hydrogen-bond acceptors (Lipinski definition) is 4. The molecule has 0 aromatic heterocycles. The van der Waals surface area contributed by atoms with E-state index in [0.29, 0.717) is 29.2 Å². The number of piperazine rings is 1. The van der Waals surface area contributed by atoms with Crippen molar-refractivity contribution in [3.63, 3.8) is 0 Å². The van der Waals surface area contributed by atoms with Gasteiger partial charge in [-0.1, -0.05) is 23.7 Å². The molecule has 1 N–H and O–H groups in total. The number of carbonyl (C=O) groups excluding carboxylic acids is 2. The van der Waals surface area contributed by atoms with Gasteiger partial charge in [0.15, 0.2) is 0 Å². The molecular weight excluding hydrogens is 402 g/mol. The zero-order valence-electron chi connectivity index (χ0n) is 15.4. The number of halogens is 1. The maximum absolute atomic E-state index is 13.1. The standard InChI is InChI=1S/C19H20ClN3O4S/c1-22(2)28(26,27)16-8-6-13(7-9-16)19(25)23-11-10-21-18(24)17(23)14-4-3-5-15(20)12-14/h3-9,12,17H,10-11H2,1-2H3,(H,21,24). The van der Waals surface area contributed by atoms with E-state index in [1.54, 1.807) is 24.3 Å². The van der Waals surface area contributed by atoms with Gasteiger partial charge in [0.05, 0.1) is 4.90 Å². The molecule has 1 atom stereocenters. The summed E-state index contributed by atoms with van der Waals surface area (Å²) in [5.41, 5.74) is 0.921. The van der Waals surface area contributed by atoms with Crippen molar-refractivity contribution < 1.29 is 18.0 Å². The van der Waals surface area contributed by atoms with Gasteiger partial charge in [0, 0.05) is 37.8 Å². The molecule has 1 aliphatic rings. The van der Waals surface area contributed by atoms with Gasteiger partial charge in [-0.05, 0) is 42.0 Å². The van der Waals surface area contributed by atoms with E-state index in [1.807, 2.05) is 0 Å². The first-order valence-corrected chi connectivity index (χ1v) is 10.4. The highest BCUT2D eigenvalue weighted by Crippen LogP contribution is 2.27. The lowest BCUT2D eigenvalue weighted by Gasteiger charge is -2.35. The molecule has 0 saturated carbocycles. The van der Waals surface area contributed by atoms with Gasteiger partial charge in [-0.3, -0.25) is 9.59 Å². The van der Waals surface area contributed by atoms with Gasteiger partial charge < -0.3 is 10.2 Å². The Kier molecular flexibility index (Phi) is 5.74. The summed E-state index contributed by atoms with van der Waals surface area (Å²) in [5.74, 6) is -0.637. The Morgan fingerprint density at radius 2 is 1.86 bits per heavy atom. The molecule has 9 heteroatoms. The van der Waals surface area contributed by atoms with Gasteiger partial charge in [0.25, 0.3) is 5.91 Å². The Hall–Kier alpha value is -2.42. The minimum Gasteiger partial charge on any atom is -0.352 e. The van der Waals surface area contributed by atoms with Gasteiger partial charge in [-0.25, -0.2) is 12.7 Å². The third kappa shape index (κ3) is 3.89. The van der Waals surface area contributed by atoms with E-state index in [9.17, 15) is 18.0 Å². The number of carbonyl (C=O) groups is 2. The Labute approximate surface area is 168 Å². The summed E-state index contributed by atoms with van der Waals surface area (Å²) in [6.07, 6.45) is 0. The second-order valence-electron chi connectivity index (χ2n) is 6.56. The zero-order valence-corrected chi connectivity index (χ0v) is 17.0. The first kappa shape index (κ1) is 20.3. The van der Waals surface area contributed by atoms with Crippen LogP contribution in [0.25, 0.3) is 0 Å². The van der Waals surface area contributed by atoms with Crippen LogP contribution < -0.4 is 5.32 Å². The largest absolute Gasteiger partial charge is 0.352 e. The molecule has 0 radical (unpaired) electrons. The lowest BCUT2D eigenvalue weighted by Crippen LogP contribution is -2.52. The van der Waals surface area contributed by atoms with Crippen molar-refractivity contribution in [2.45, 2.75) is 10.9 Å². The highest BCUT2D eigenvalue weighted by atomic mass is 35.5. The summed E-state index contributed by atoms with van der Waals surface area (Å²) in [6, 6.07) is 11.7. The molecule has 1 unspecified atom stereocenters. The second-order valence-corrected chi connectivity index (χ2v) is 9.15. The Balaban J connectivity index is 1.92. The van der Waals surface area contributed by atoms with Crippen molar-refractivity contribution in [1.82, 2.24) is 14.5 Å². The van der Waals surface area contributed by atoms with E-state index in [4.69, 9.17) is 11.6 Å². The van der Waals surface area contributed by atoms with Crippen molar-refractivity contribution in [2.24, 2.45) is 0 Å². The SMILES string of the molecule is CN(C)S(=O)(=O)c1ccc(C(=O)N2CCNC(=O)C2c2cccc(Cl)c2)cc1. The van der Waals surface area contributed by atoms with Crippen LogP contribution in [0.15, 0.2) is 53.4 Å². The van der Waals surface area contributed by atoms with E-state index in [-0.39, 0.29) is 16.7 Å². The fraction of sp³-hybridized carbons (Fsp3) is 0.263. The van der Waals surface area contributed by atoms with Crippen LogP contribution >= 0.6 is 11.6 Å². The normalized spacial score (nSPS) is 17.5. The predicted octanol–water partition coefficient (Wildman–Crippen LogP) is 1.90. The molecule has 2 aromatic rings. The molecule has 3 rings (SSSR count). The smallest absolute Gasteiger partial charge is 0.254 e. The topological polar surface area (TPSA) is 86.8 Å². The third-order valence-electron chi connectivity index (χ3n) is 4.52. The molecule has 0 aliphatic carbocycles. The van der Waals surface area contributed by atoms with Gasteiger partial charge in [0.1, 0.15) is 6.04 Å². The quantitative estimate of drug-likeness (QED) is 0.816. The lowest BCUT2D eigenvalue weighted by molar-refractivity contribution is -0.128. The maximum Gasteiger partial charge on any atom is 0.254 e. The number of benzene rings is 2. The first-order valence-electron chi connectivity index (χ1n) is 8.58. The van der Waals surface area contributed by atoms with E-state index >= 15 is 0 Å². The maximum atomic E-state index is 13.1. The average Bonchev–Trinajstić information content (AvgIpc) is 2.67. The Morgan fingerprint density at radius 1 is 1.18 bits per heavy atom.